The molecule has 2 unspecified atom stereocenters. The van der Waals surface area contributed by atoms with Crippen molar-refractivity contribution in [2.75, 3.05) is 14.1 Å². The Morgan fingerprint density at radius 3 is 2.53 bits per heavy atom. The van der Waals surface area contributed by atoms with E-state index in [9.17, 15) is 34.8 Å². The van der Waals surface area contributed by atoms with Gasteiger partial charge < -0.3 is 26.2 Å². The number of ketones is 2. The largest absolute Gasteiger partial charge is 0.508 e. The number of nitrogens with two attached hydrogens (primary N) is 1. The standard InChI is InChI=1S/C27H27N3O7S/c1-11-17(38-10-29-11)7-5-12-4-6-16(31)19-14(12)8-13-9-15-21(30(2)3)23(33)20(26(28)36)25(35)27(15,37)24(34)18(13)22(19)32/h4-7,10,13,15,21,31-32,35,37H,8-9H2,1-3H3,(H2,28,36)/b7-5+/t13?,15?,21-,27-/m0/s1. The Morgan fingerprint density at radius 2 is 1.92 bits per heavy atom. The van der Waals surface area contributed by atoms with Gasteiger partial charge in [-0.3, -0.25) is 19.3 Å². The van der Waals surface area contributed by atoms with Crippen LogP contribution in [0.25, 0.3) is 17.9 Å². The van der Waals surface area contributed by atoms with Crippen LogP contribution in [-0.4, -0.2) is 73.5 Å². The van der Waals surface area contributed by atoms with E-state index >= 15 is 0 Å². The average molecular weight is 538 g/mol. The van der Waals surface area contributed by atoms with E-state index in [1.54, 1.807) is 25.7 Å². The highest BCUT2D eigenvalue weighted by molar-refractivity contribution is 7.10. The molecule has 5 rings (SSSR count). The van der Waals surface area contributed by atoms with Gasteiger partial charge in [0.2, 0.25) is 5.78 Å². The molecule has 10 nitrogen and oxygen atoms in total. The topological polar surface area (TPSA) is 174 Å². The van der Waals surface area contributed by atoms with Crippen molar-refractivity contribution in [1.29, 1.82) is 0 Å². The predicted molar refractivity (Wildman–Crippen MR) is 140 cm³/mol. The number of hydrogen-bond donors (Lipinski definition) is 5. The molecule has 38 heavy (non-hydrogen) atoms. The quantitative estimate of drug-likeness (QED) is 0.365. The number of aromatic nitrogens is 1. The minimum absolute atomic E-state index is 0.0402. The second-order valence-electron chi connectivity index (χ2n) is 10.1. The van der Waals surface area contributed by atoms with Crippen LogP contribution in [0.5, 0.6) is 5.75 Å². The second kappa shape index (κ2) is 8.90. The molecular weight excluding hydrogens is 510 g/mol. The highest BCUT2D eigenvalue weighted by Gasteiger charge is 2.64. The molecular formula is C27H27N3O7S. The molecule has 1 aromatic heterocycles. The number of aliphatic hydroxyl groups is 3. The highest BCUT2D eigenvalue weighted by atomic mass is 32.1. The van der Waals surface area contributed by atoms with E-state index in [0.717, 1.165) is 10.6 Å². The fourth-order valence-corrected chi connectivity index (χ4v) is 6.75. The van der Waals surface area contributed by atoms with Crippen molar-refractivity contribution in [2.24, 2.45) is 17.6 Å². The van der Waals surface area contributed by atoms with E-state index in [1.165, 1.54) is 22.3 Å². The number of phenolic OH excluding ortho intramolecular Hbond substituents is 1. The fourth-order valence-electron chi connectivity index (χ4n) is 6.06. The van der Waals surface area contributed by atoms with Crippen LogP contribution >= 0.6 is 11.3 Å². The maximum absolute atomic E-state index is 13.9. The van der Waals surface area contributed by atoms with Crippen molar-refractivity contribution < 1.29 is 34.8 Å². The van der Waals surface area contributed by atoms with Crippen molar-refractivity contribution in [1.82, 2.24) is 9.88 Å². The number of aromatic hydroxyl groups is 1. The zero-order chi connectivity index (χ0) is 27.7. The number of primary amides is 1. The Labute approximate surface area is 222 Å². The third kappa shape index (κ3) is 3.53. The first-order chi connectivity index (χ1) is 17.9. The number of aliphatic hydroxyl groups excluding tert-OH is 2. The number of hydrogen-bond acceptors (Lipinski definition) is 10. The van der Waals surface area contributed by atoms with Gasteiger partial charge in [0.1, 0.15) is 22.8 Å². The van der Waals surface area contributed by atoms with Crippen LogP contribution in [0, 0.1) is 18.8 Å². The first kappa shape index (κ1) is 25.8. The van der Waals surface area contributed by atoms with Gasteiger partial charge in [0, 0.05) is 16.4 Å². The molecule has 1 fully saturated rings. The Morgan fingerprint density at radius 1 is 1.21 bits per heavy atom. The SMILES string of the molecule is Cc1ncsc1/C=C/c1ccc(O)c2c1CC1CC3[C@H](N(C)C)C(=O)C(C(N)=O)=C(O)[C@@]3(O)C(=O)C1=C2O. The molecule has 4 atom stereocenters. The Balaban J connectivity index is 1.68. The minimum atomic E-state index is -2.65. The molecule has 0 bridgehead atoms. The molecule has 6 N–H and O–H groups in total. The van der Waals surface area contributed by atoms with Gasteiger partial charge >= 0.3 is 0 Å². The van der Waals surface area contributed by atoms with Gasteiger partial charge in [-0.15, -0.1) is 11.3 Å². The van der Waals surface area contributed by atoms with E-state index in [2.05, 4.69) is 4.98 Å². The lowest BCUT2D eigenvalue weighted by molar-refractivity contribution is -0.153. The van der Waals surface area contributed by atoms with Crippen LogP contribution in [0.3, 0.4) is 0 Å². The number of amides is 1. The molecule has 3 aliphatic carbocycles. The summed E-state index contributed by atoms with van der Waals surface area (Å²) in [6, 6.07) is 2.00. The van der Waals surface area contributed by atoms with Gasteiger partial charge in [0.15, 0.2) is 11.4 Å². The van der Waals surface area contributed by atoms with Gasteiger partial charge in [-0.05, 0) is 63.0 Å². The van der Waals surface area contributed by atoms with Gasteiger partial charge in [-0.1, -0.05) is 12.1 Å². The summed E-state index contributed by atoms with van der Waals surface area (Å²) in [6.07, 6.45) is 4.00. The number of carbonyl (C=O) groups excluding carboxylic acids is 3. The van der Waals surface area contributed by atoms with E-state index in [1.807, 2.05) is 19.1 Å². The molecule has 1 aromatic carbocycles. The van der Waals surface area contributed by atoms with E-state index in [4.69, 9.17) is 5.73 Å². The molecule has 0 spiro atoms. The Bertz CT molecular complexity index is 1500. The zero-order valence-corrected chi connectivity index (χ0v) is 21.7. The van der Waals surface area contributed by atoms with Crippen molar-refractivity contribution >= 4 is 46.7 Å². The summed E-state index contributed by atoms with van der Waals surface area (Å²) in [5, 5.41) is 44.5. The predicted octanol–water partition coefficient (Wildman–Crippen LogP) is 1.90. The normalized spacial score (nSPS) is 27.1. The lowest BCUT2D eigenvalue weighted by atomic mass is 9.57. The number of aryl methyl sites for hydroxylation is 1. The summed E-state index contributed by atoms with van der Waals surface area (Å²) in [6.45, 7) is 1.89. The molecule has 1 heterocycles. The third-order valence-corrected chi connectivity index (χ3v) is 8.73. The molecule has 1 saturated carbocycles. The first-order valence-corrected chi connectivity index (χ1v) is 12.8. The number of Topliss-reactive ketones (excluding diaryl/α,β-unsaturated/α-hetero) is 2. The van der Waals surface area contributed by atoms with Crippen molar-refractivity contribution in [3.8, 4) is 5.75 Å². The van der Waals surface area contributed by atoms with Gasteiger partial charge in [0.25, 0.3) is 5.91 Å². The summed E-state index contributed by atoms with van der Waals surface area (Å²) < 4.78 is 0. The van der Waals surface area contributed by atoms with Crippen molar-refractivity contribution in [2.45, 2.75) is 31.4 Å². The van der Waals surface area contributed by atoms with Crippen LogP contribution in [0.2, 0.25) is 0 Å². The average Bonchev–Trinajstić information content (AvgIpc) is 3.25. The van der Waals surface area contributed by atoms with Crippen LogP contribution in [0.15, 0.2) is 34.5 Å². The first-order valence-electron chi connectivity index (χ1n) is 12.0. The van der Waals surface area contributed by atoms with Crippen LogP contribution in [-0.2, 0) is 20.8 Å². The number of phenols is 1. The molecule has 3 aliphatic rings. The minimum Gasteiger partial charge on any atom is -0.508 e. The van der Waals surface area contributed by atoms with Gasteiger partial charge in [-0.25, -0.2) is 4.98 Å². The number of thiazole rings is 1. The summed E-state index contributed by atoms with van der Waals surface area (Å²) >= 11 is 1.47. The lowest BCUT2D eigenvalue weighted by Crippen LogP contribution is -2.65. The lowest BCUT2D eigenvalue weighted by Gasteiger charge is -2.50. The summed E-state index contributed by atoms with van der Waals surface area (Å²) in [5.41, 5.74) is 5.66. The monoisotopic (exact) mass is 537 g/mol. The number of carbonyl (C=O) groups is 3. The summed E-state index contributed by atoms with van der Waals surface area (Å²) in [4.78, 5) is 45.8. The smallest absolute Gasteiger partial charge is 0.255 e. The zero-order valence-electron chi connectivity index (χ0n) is 20.9. The maximum Gasteiger partial charge on any atom is 0.255 e. The number of fused-ring (bicyclic) bond motifs is 3. The molecule has 198 valence electrons. The van der Waals surface area contributed by atoms with E-state index in [-0.39, 0.29) is 29.7 Å². The number of benzene rings is 1. The summed E-state index contributed by atoms with van der Waals surface area (Å²) in [7, 11) is 3.13. The molecule has 2 aromatic rings. The fraction of sp³-hybridized carbons (Fsp3) is 0.333. The highest BCUT2D eigenvalue weighted by Crippen LogP contribution is 2.53. The summed E-state index contributed by atoms with van der Waals surface area (Å²) in [5.74, 6) is -6.68. The van der Waals surface area contributed by atoms with Crippen LogP contribution in [0.4, 0.5) is 0 Å². The second-order valence-corrected chi connectivity index (χ2v) is 11.0. The number of likely N-dealkylation sites (N-methyl/N-ethyl adjacent to an activating group) is 1. The molecule has 11 heteroatoms. The molecule has 0 radical (unpaired) electrons. The van der Waals surface area contributed by atoms with Crippen LogP contribution < -0.4 is 5.73 Å². The molecule has 0 saturated heterocycles. The Kier molecular flexibility index (Phi) is 6.05. The van der Waals surface area contributed by atoms with E-state index < -0.39 is 58.0 Å². The molecule has 0 aliphatic heterocycles. The molecule has 1 amide bonds. The van der Waals surface area contributed by atoms with Gasteiger partial charge in [-0.2, -0.15) is 0 Å². The van der Waals surface area contributed by atoms with E-state index in [0.29, 0.717) is 11.1 Å². The third-order valence-electron chi connectivity index (χ3n) is 7.84. The van der Waals surface area contributed by atoms with Crippen LogP contribution in [0.1, 0.15) is 33.7 Å². The van der Waals surface area contributed by atoms with Crippen molar-refractivity contribution in [3.05, 3.63) is 61.8 Å². The van der Waals surface area contributed by atoms with Gasteiger partial charge in [0.05, 0.1) is 22.8 Å². The number of rotatable bonds is 4. The maximum atomic E-state index is 13.9. The van der Waals surface area contributed by atoms with Crippen molar-refractivity contribution in [3.63, 3.8) is 0 Å². The number of nitrogens with zero attached hydrogens (tertiary/aromatic N) is 2. The Hall–Kier alpha value is -3.80.